The van der Waals surface area contributed by atoms with Gasteiger partial charge in [-0.2, -0.15) is 0 Å². The highest BCUT2D eigenvalue weighted by atomic mass is 15.2. The number of fused-ring (bicyclic) bond motifs is 3. The van der Waals surface area contributed by atoms with Crippen molar-refractivity contribution in [2.75, 3.05) is 19.6 Å². The quantitative estimate of drug-likeness (QED) is 0.806. The monoisotopic (exact) mass is 234 g/mol. The van der Waals surface area contributed by atoms with Gasteiger partial charge in [-0.3, -0.25) is 4.90 Å². The van der Waals surface area contributed by atoms with E-state index < -0.39 is 0 Å². The summed E-state index contributed by atoms with van der Waals surface area (Å²) in [7, 11) is 0. The molecule has 5 unspecified atom stereocenters. The molecule has 2 saturated carbocycles. The molecule has 0 aromatic carbocycles. The summed E-state index contributed by atoms with van der Waals surface area (Å²) in [6, 6.07) is 1.73. The van der Waals surface area contributed by atoms with Gasteiger partial charge in [0.15, 0.2) is 0 Å². The van der Waals surface area contributed by atoms with Crippen LogP contribution < -0.4 is 5.32 Å². The third-order valence-electron chi connectivity index (χ3n) is 6.13. The zero-order valence-corrected chi connectivity index (χ0v) is 10.9. The minimum atomic E-state index is 0.830. The first-order chi connectivity index (χ1) is 8.40. The van der Waals surface area contributed by atoms with E-state index in [1.165, 1.54) is 45.3 Å². The topological polar surface area (TPSA) is 15.3 Å². The molecule has 17 heavy (non-hydrogen) atoms. The van der Waals surface area contributed by atoms with Crippen LogP contribution in [-0.2, 0) is 0 Å². The highest BCUT2D eigenvalue weighted by Gasteiger charge is 2.41. The summed E-state index contributed by atoms with van der Waals surface area (Å²) in [6.45, 7) is 4.06. The second-order valence-electron chi connectivity index (χ2n) is 6.98. The van der Waals surface area contributed by atoms with E-state index in [-0.39, 0.29) is 0 Å². The van der Waals surface area contributed by atoms with Crippen LogP contribution in [0, 0.1) is 17.8 Å². The van der Waals surface area contributed by atoms with Gasteiger partial charge in [-0.1, -0.05) is 6.42 Å². The van der Waals surface area contributed by atoms with Crippen LogP contribution in [0.25, 0.3) is 0 Å². The third-order valence-corrected chi connectivity index (χ3v) is 6.13. The van der Waals surface area contributed by atoms with Crippen molar-refractivity contribution in [2.45, 2.75) is 57.0 Å². The van der Waals surface area contributed by atoms with Crippen molar-refractivity contribution in [1.82, 2.24) is 10.2 Å². The maximum absolute atomic E-state index is 3.94. The van der Waals surface area contributed by atoms with Crippen molar-refractivity contribution in [3.8, 4) is 0 Å². The molecule has 96 valence electrons. The molecule has 2 aliphatic carbocycles. The molecule has 0 spiro atoms. The molecule has 0 amide bonds. The first kappa shape index (κ1) is 10.8. The van der Waals surface area contributed by atoms with Gasteiger partial charge in [-0.15, -0.1) is 0 Å². The number of hydrogen-bond acceptors (Lipinski definition) is 2. The highest BCUT2D eigenvalue weighted by molar-refractivity contribution is 4.97. The molecule has 4 rings (SSSR count). The summed E-state index contributed by atoms with van der Waals surface area (Å²) in [4.78, 5) is 2.72. The second-order valence-corrected chi connectivity index (χ2v) is 6.98. The molecule has 4 aliphatic rings. The Kier molecular flexibility index (Phi) is 2.69. The minimum Gasteiger partial charge on any atom is -0.312 e. The molecule has 2 nitrogen and oxygen atoms in total. The van der Waals surface area contributed by atoms with E-state index in [1.54, 1.807) is 19.3 Å². The Hall–Kier alpha value is -0.0800. The molecule has 0 radical (unpaired) electrons. The van der Waals surface area contributed by atoms with Crippen molar-refractivity contribution in [3.05, 3.63) is 0 Å². The van der Waals surface area contributed by atoms with Gasteiger partial charge >= 0.3 is 0 Å². The summed E-state index contributed by atoms with van der Waals surface area (Å²) in [5.74, 6) is 3.23. The second kappa shape index (κ2) is 4.24. The average Bonchev–Trinajstić information content (AvgIpc) is 3.07. The third kappa shape index (κ3) is 1.84. The van der Waals surface area contributed by atoms with Crippen LogP contribution in [0.3, 0.4) is 0 Å². The van der Waals surface area contributed by atoms with Crippen molar-refractivity contribution < 1.29 is 0 Å². The van der Waals surface area contributed by atoms with Gasteiger partial charge in [0, 0.05) is 18.6 Å². The van der Waals surface area contributed by atoms with E-state index in [9.17, 15) is 0 Å². The molecule has 2 heteroatoms. The summed E-state index contributed by atoms with van der Waals surface area (Å²) in [6.07, 6.45) is 10.5. The van der Waals surface area contributed by atoms with Crippen LogP contribution in [0.15, 0.2) is 0 Å². The number of nitrogens with zero attached hydrogens (tertiary/aromatic N) is 1. The van der Waals surface area contributed by atoms with E-state index in [2.05, 4.69) is 10.2 Å². The van der Waals surface area contributed by atoms with E-state index in [0.29, 0.717) is 0 Å². The number of nitrogens with one attached hydrogen (secondary N) is 1. The fourth-order valence-corrected chi connectivity index (χ4v) is 5.25. The van der Waals surface area contributed by atoms with Crippen LogP contribution in [0.5, 0.6) is 0 Å². The lowest BCUT2D eigenvalue weighted by atomic mass is 9.88. The molecule has 1 N–H and O–H groups in total. The van der Waals surface area contributed by atoms with Gasteiger partial charge in [0.05, 0.1) is 0 Å². The van der Waals surface area contributed by atoms with Gasteiger partial charge in [0.1, 0.15) is 0 Å². The first-order valence-corrected chi connectivity index (χ1v) is 7.87. The van der Waals surface area contributed by atoms with E-state index in [0.717, 1.165) is 29.8 Å². The van der Waals surface area contributed by atoms with Crippen LogP contribution >= 0.6 is 0 Å². The molecular formula is C15H26N2. The minimum absolute atomic E-state index is 0.830. The summed E-state index contributed by atoms with van der Waals surface area (Å²) in [5, 5.41) is 3.94. The molecule has 2 heterocycles. The van der Waals surface area contributed by atoms with Crippen LogP contribution in [0.4, 0.5) is 0 Å². The van der Waals surface area contributed by atoms with E-state index >= 15 is 0 Å². The largest absolute Gasteiger partial charge is 0.312 e. The summed E-state index contributed by atoms with van der Waals surface area (Å²) >= 11 is 0. The van der Waals surface area contributed by atoms with Crippen molar-refractivity contribution in [1.29, 1.82) is 0 Å². The van der Waals surface area contributed by atoms with Gasteiger partial charge in [-0.25, -0.2) is 0 Å². The van der Waals surface area contributed by atoms with Gasteiger partial charge < -0.3 is 5.32 Å². The fraction of sp³-hybridized carbons (Fsp3) is 1.00. The van der Waals surface area contributed by atoms with Crippen molar-refractivity contribution in [2.24, 2.45) is 17.8 Å². The molecular weight excluding hydrogens is 208 g/mol. The molecule has 2 aliphatic heterocycles. The Labute approximate surface area is 105 Å². The summed E-state index contributed by atoms with van der Waals surface area (Å²) in [5.41, 5.74) is 0. The predicted molar refractivity (Wildman–Crippen MR) is 69.9 cm³/mol. The standard InChI is InChI=1S/C15H26N2/c1-2-15-14(5-7-17(15)6-1)16-10-13-9-11-3-4-12(13)8-11/h11-16H,1-10H2. The molecule has 4 fully saturated rings. The average molecular weight is 234 g/mol. The first-order valence-electron chi connectivity index (χ1n) is 7.87. The Morgan fingerprint density at radius 2 is 2.00 bits per heavy atom. The Morgan fingerprint density at radius 1 is 1.00 bits per heavy atom. The zero-order chi connectivity index (χ0) is 11.2. The lowest BCUT2D eigenvalue weighted by Crippen LogP contribution is -2.41. The maximum Gasteiger partial charge on any atom is 0.0250 e. The highest BCUT2D eigenvalue weighted by Crippen LogP contribution is 2.48. The molecule has 5 atom stereocenters. The molecule has 0 aromatic heterocycles. The lowest BCUT2D eigenvalue weighted by Gasteiger charge is -2.26. The van der Waals surface area contributed by atoms with Crippen LogP contribution in [-0.4, -0.2) is 36.6 Å². The molecule has 2 saturated heterocycles. The normalized spacial score (nSPS) is 49.1. The van der Waals surface area contributed by atoms with Gasteiger partial charge in [0.25, 0.3) is 0 Å². The molecule has 0 aromatic rings. The smallest absolute Gasteiger partial charge is 0.0250 e. The molecule has 2 bridgehead atoms. The van der Waals surface area contributed by atoms with Crippen molar-refractivity contribution in [3.63, 3.8) is 0 Å². The lowest BCUT2D eigenvalue weighted by molar-refractivity contribution is 0.271. The number of hydrogen-bond donors (Lipinski definition) is 1. The Balaban J connectivity index is 1.30. The maximum atomic E-state index is 3.94. The van der Waals surface area contributed by atoms with Crippen LogP contribution in [0.2, 0.25) is 0 Å². The van der Waals surface area contributed by atoms with Gasteiger partial charge in [-0.05, 0) is 69.4 Å². The SMILES string of the molecule is C1CC2C(NCC3CC4CCC3C4)CCN2C1. The van der Waals surface area contributed by atoms with Gasteiger partial charge in [0.2, 0.25) is 0 Å². The van der Waals surface area contributed by atoms with Crippen molar-refractivity contribution >= 4 is 0 Å². The van der Waals surface area contributed by atoms with E-state index in [4.69, 9.17) is 0 Å². The summed E-state index contributed by atoms with van der Waals surface area (Å²) < 4.78 is 0. The Bertz CT molecular complexity index is 291. The number of rotatable bonds is 3. The van der Waals surface area contributed by atoms with Crippen LogP contribution in [0.1, 0.15) is 44.9 Å². The van der Waals surface area contributed by atoms with E-state index in [1.807, 2.05) is 0 Å². The predicted octanol–water partition coefficient (Wildman–Crippen LogP) is 2.25. The zero-order valence-electron chi connectivity index (χ0n) is 10.9. The Morgan fingerprint density at radius 3 is 2.82 bits per heavy atom. The fourth-order valence-electron chi connectivity index (χ4n) is 5.25.